The van der Waals surface area contributed by atoms with Crippen LogP contribution in [0.5, 0.6) is 0 Å². The molecule has 0 spiro atoms. The molecule has 0 radical (unpaired) electrons. The van der Waals surface area contributed by atoms with E-state index in [4.69, 9.17) is 0 Å². The third kappa shape index (κ3) is 2.23. The van der Waals surface area contributed by atoms with Crippen molar-refractivity contribution in [3.8, 4) is 11.1 Å². The molecule has 3 aromatic carbocycles. The number of rotatable bonds is 2. The standard InChI is InChI=1S/C20H13NO2/c22-21(23)15-10-11-18-16-8-4-5-9-17(16)19(20(18)13-15)12-14-6-2-1-3-7-14/h1-13H/b19-12+. The molecule has 0 saturated heterocycles. The molecule has 0 saturated carbocycles. The molecule has 1 aliphatic carbocycles. The zero-order valence-corrected chi connectivity index (χ0v) is 12.3. The highest BCUT2D eigenvalue weighted by Gasteiger charge is 2.25. The maximum atomic E-state index is 11.1. The number of non-ortho nitro benzene ring substituents is 1. The number of nitrogens with zero attached hydrogens (tertiary/aromatic N) is 1. The summed E-state index contributed by atoms with van der Waals surface area (Å²) in [5, 5.41) is 11.1. The van der Waals surface area contributed by atoms with Crippen LogP contribution in [0.2, 0.25) is 0 Å². The van der Waals surface area contributed by atoms with Crippen molar-refractivity contribution < 1.29 is 4.92 Å². The van der Waals surface area contributed by atoms with E-state index in [0.29, 0.717) is 0 Å². The van der Waals surface area contributed by atoms with Gasteiger partial charge in [-0.1, -0.05) is 54.6 Å². The molecule has 0 atom stereocenters. The van der Waals surface area contributed by atoms with Gasteiger partial charge in [-0.2, -0.15) is 0 Å². The van der Waals surface area contributed by atoms with Crippen molar-refractivity contribution in [1.82, 2.24) is 0 Å². The van der Waals surface area contributed by atoms with Crippen molar-refractivity contribution in [2.24, 2.45) is 0 Å². The number of hydrogen-bond acceptors (Lipinski definition) is 2. The quantitative estimate of drug-likeness (QED) is 0.379. The Hall–Kier alpha value is -3.20. The van der Waals surface area contributed by atoms with E-state index < -0.39 is 0 Å². The average molecular weight is 299 g/mol. The maximum Gasteiger partial charge on any atom is 0.270 e. The first-order valence-electron chi connectivity index (χ1n) is 7.39. The second kappa shape index (κ2) is 5.21. The number of hydrogen-bond donors (Lipinski definition) is 0. The second-order valence-corrected chi connectivity index (χ2v) is 5.50. The van der Waals surface area contributed by atoms with Crippen LogP contribution in [0.3, 0.4) is 0 Å². The van der Waals surface area contributed by atoms with Gasteiger partial charge in [0.1, 0.15) is 0 Å². The molecule has 0 N–H and O–H groups in total. The van der Waals surface area contributed by atoms with Gasteiger partial charge in [-0.25, -0.2) is 0 Å². The minimum Gasteiger partial charge on any atom is -0.258 e. The summed E-state index contributed by atoms with van der Waals surface area (Å²) in [6.45, 7) is 0. The first-order chi connectivity index (χ1) is 11.2. The average Bonchev–Trinajstić information content (AvgIpc) is 2.90. The Balaban J connectivity index is 1.98. The first kappa shape index (κ1) is 13.5. The van der Waals surface area contributed by atoms with Gasteiger partial charge in [0, 0.05) is 12.1 Å². The SMILES string of the molecule is O=[N+]([O-])c1ccc2c(c1)/C(=C/c1ccccc1)c1ccccc1-2. The fraction of sp³-hybridized carbons (Fsp3) is 0. The number of benzene rings is 3. The van der Waals surface area contributed by atoms with E-state index in [0.717, 1.165) is 33.4 Å². The molecular formula is C20H13NO2. The molecule has 3 aromatic rings. The summed E-state index contributed by atoms with van der Waals surface area (Å²) in [6, 6.07) is 23.2. The second-order valence-electron chi connectivity index (χ2n) is 5.50. The summed E-state index contributed by atoms with van der Waals surface area (Å²) >= 11 is 0. The van der Waals surface area contributed by atoms with Gasteiger partial charge >= 0.3 is 0 Å². The third-order valence-electron chi connectivity index (χ3n) is 4.12. The summed E-state index contributed by atoms with van der Waals surface area (Å²) in [4.78, 5) is 10.8. The molecule has 4 rings (SSSR count). The lowest BCUT2D eigenvalue weighted by Crippen LogP contribution is -1.89. The Morgan fingerprint density at radius 2 is 1.39 bits per heavy atom. The van der Waals surface area contributed by atoms with Crippen molar-refractivity contribution in [2.45, 2.75) is 0 Å². The van der Waals surface area contributed by atoms with Crippen LogP contribution in [0.15, 0.2) is 72.8 Å². The predicted octanol–water partition coefficient (Wildman–Crippen LogP) is 5.16. The molecular weight excluding hydrogens is 286 g/mol. The molecule has 3 heteroatoms. The zero-order valence-electron chi connectivity index (χ0n) is 12.3. The molecule has 1 aliphatic rings. The normalized spacial score (nSPS) is 13.7. The summed E-state index contributed by atoms with van der Waals surface area (Å²) in [5.74, 6) is 0. The van der Waals surface area contributed by atoms with Crippen LogP contribution >= 0.6 is 0 Å². The van der Waals surface area contributed by atoms with E-state index >= 15 is 0 Å². The molecule has 0 aliphatic heterocycles. The fourth-order valence-electron chi connectivity index (χ4n) is 3.07. The number of nitro benzene ring substituents is 1. The minimum absolute atomic E-state index is 0.121. The van der Waals surface area contributed by atoms with Crippen LogP contribution in [-0.2, 0) is 0 Å². The molecule has 0 heterocycles. The van der Waals surface area contributed by atoms with E-state index in [2.05, 4.69) is 18.2 Å². The number of nitro groups is 1. The van der Waals surface area contributed by atoms with E-state index in [1.165, 1.54) is 0 Å². The third-order valence-corrected chi connectivity index (χ3v) is 4.12. The van der Waals surface area contributed by atoms with Crippen molar-refractivity contribution >= 4 is 17.3 Å². The number of fused-ring (bicyclic) bond motifs is 3. The van der Waals surface area contributed by atoms with E-state index in [-0.39, 0.29) is 10.6 Å². The van der Waals surface area contributed by atoms with Gasteiger partial charge in [0.05, 0.1) is 4.92 Å². The Morgan fingerprint density at radius 3 is 2.13 bits per heavy atom. The highest BCUT2D eigenvalue weighted by atomic mass is 16.6. The first-order valence-corrected chi connectivity index (χ1v) is 7.39. The van der Waals surface area contributed by atoms with Gasteiger partial charge in [0.15, 0.2) is 0 Å². The summed E-state index contributed by atoms with van der Waals surface area (Å²) in [6.07, 6.45) is 2.09. The molecule has 0 bridgehead atoms. The summed E-state index contributed by atoms with van der Waals surface area (Å²) in [7, 11) is 0. The van der Waals surface area contributed by atoms with E-state index in [9.17, 15) is 10.1 Å². The lowest BCUT2D eigenvalue weighted by molar-refractivity contribution is -0.384. The highest BCUT2D eigenvalue weighted by molar-refractivity contribution is 6.06. The van der Waals surface area contributed by atoms with Crippen molar-refractivity contribution in [1.29, 1.82) is 0 Å². The lowest BCUT2D eigenvalue weighted by Gasteiger charge is -2.03. The van der Waals surface area contributed by atoms with Gasteiger partial charge in [-0.15, -0.1) is 0 Å². The minimum atomic E-state index is -0.344. The van der Waals surface area contributed by atoms with Crippen LogP contribution < -0.4 is 0 Å². The molecule has 3 nitrogen and oxygen atoms in total. The van der Waals surface area contributed by atoms with Gasteiger partial charge in [-0.05, 0) is 45.5 Å². The van der Waals surface area contributed by atoms with Crippen LogP contribution in [0.25, 0.3) is 22.8 Å². The largest absolute Gasteiger partial charge is 0.270 e. The van der Waals surface area contributed by atoms with Crippen LogP contribution in [0.4, 0.5) is 5.69 Å². The van der Waals surface area contributed by atoms with Gasteiger partial charge < -0.3 is 0 Å². The smallest absolute Gasteiger partial charge is 0.258 e. The van der Waals surface area contributed by atoms with E-state index in [1.807, 2.05) is 48.5 Å². The van der Waals surface area contributed by atoms with Crippen molar-refractivity contribution in [2.75, 3.05) is 0 Å². The topological polar surface area (TPSA) is 43.1 Å². The molecule has 0 aromatic heterocycles. The fourth-order valence-corrected chi connectivity index (χ4v) is 3.07. The van der Waals surface area contributed by atoms with Gasteiger partial charge in [0.25, 0.3) is 5.69 Å². The van der Waals surface area contributed by atoms with E-state index in [1.54, 1.807) is 12.1 Å². The Labute approximate surface area is 133 Å². The molecule has 0 amide bonds. The van der Waals surface area contributed by atoms with Crippen LogP contribution in [0.1, 0.15) is 16.7 Å². The van der Waals surface area contributed by atoms with Crippen molar-refractivity contribution in [3.63, 3.8) is 0 Å². The summed E-state index contributed by atoms with van der Waals surface area (Å²) in [5.41, 5.74) is 6.45. The van der Waals surface area contributed by atoms with Gasteiger partial charge in [0.2, 0.25) is 0 Å². The lowest BCUT2D eigenvalue weighted by atomic mass is 10.0. The highest BCUT2D eigenvalue weighted by Crippen LogP contribution is 2.45. The molecule has 0 fully saturated rings. The predicted molar refractivity (Wildman–Crippen MR) is 91.9 cm³/mol. The van der Waals surface area contributed by atoms with Crippen molar-refractivity contribution in [3.05, 3.63) is 99.6 Å². The molecule has 23 heavy (non-hydrogen) atoms. The Bertz CT molecular complexity index is 943. The Kier molecular flexibility index (Phi) is 3.05. The monoisotopic (exact) mass is 299 g/mol. The van der Waals surface area contributed by atoms with Gasteiger partial charge in [-0.3, -0.25) is 10.1 Å². The Morgan fingerprint density at radius 1 is 0.739 bits per heavy atom. The molecule has 0 unspecified atom stereocenters. The summed E-state index contributed by atoms with van der Waals surface area (Å²) < 4.78 is 0. The maximum absolute atomic E-state index is 11.1. The van der Waals surface area contributed by atoms with Crippen LogP contribution in [0, 0.1) is 10.1 Å². The molecule has 110 valence electrons. The van der Waals surface area contributed by atoms with Crippen LogP contribution in [-0.4, -0.2) is 4.92 Å². The zero-order chi connectivity index (χ0) is 15.8.